The fraction of sp³-hybridized carbons (Fsp3) is 0.360. The smallest absolute Gasteiger partial charge is 0.290 e. The summed E-state index contributed by atoms with van der Waals surface area (Å²) in [7, 11) is 1.66. The Morgan fingerprint density at radius 3 is 1.97 bits per heavy atom. The van der Waals surface area contributed by atoms with Gasteiger partial charge in [-0.1, -0.05) is 65.8 Å². The average molecular weight is 424 g/mol. The molecule has 0 spiro atoms. The van der Waals surface area contributed by atoms with Crippen molar-refractivity contribution in [2.75, 3.05) is 7.11 Å². The number of benzene rings is 2. The Morgan fingerprint density at radius 2 is 1.50 bits per heavy atom. The van der Waals surface area contributed by atoms with Gasteiger partial charge in [-0.2, -0.15) is 0 Å². The van der Waals surface area contributed by atoms with Crippen LogP contribution in [0.25, 0.3) is 17.2 Å². The number of nitrogens with one attached hydrogen (secondary N) is 1. The Morgan fingerprint density at radius 1 is 0.900 bits per heavy atom. The number of carbonyl (C=O) groups is 2. The van der Waals surface area contributed by atoms with Crippen LogP contribution < -0.4 is 10.1 Å². The van der Waals surface area contributed by atoms with Gasteiger partial charge in [-0.05, 0) is 63.1 Å². The molecule has 2 aromatic carbocycles. The molecular weight excluding hydrogens is 394 g/mol. The molecule has 1 aliphatic heterocycles. The second-order valence-electron chi connectivity index (χ2n) is 9.61. The summed E-state index contributed by atoms with van der Waals surface area (Å²) >= 11 is 0.922. The van der Waals surface area contributed by atoms with E-state index in [4.69, 9.17) is 4.74 Å². The highest BCUT2D eigenvalue weighted by molar-refractivity contribution is 8.18. The van der Waals surface area contributed by atoms with Gasteiger partial charge in [0.1, 0.15) is 5.75 Å². The van der Waals surface area contributed by atoms with Crippen LogP contribution in [0.15, 0.2) is 41.3 Å². The lowest BCUT2D eigenvalue weighted by Crippen LogP contribution is -2.17. The van der Waals surface area contributed by atoms with E-state index in [9.17, 15) is 9.59 Å². The molecule has 0 aromatic heterocycles. The maximum absolute atomic E-state index is 11.9. The van der Waals surface area contributed by atoms with Crippen molar-refractivity contribution >= 4 is 29.0 Å². The number of thioether (sulfide) groups is 1. The van der Waals surface area contributed by atoms with E-state index in [0.717, 1.165) is 34.2 Å². The zero-order valence-corrected chi connectivity index (χ0v) is 19.5. The van der Waals surface area contributed by atoms with Crippen LogP contribution in [0.4, 0.5) is 4.79 Å². The zero-order chi connectivity index (χ0) is 22.3. The maximum Gasteiger partial charge on any atom is 0.290 e. The van der Waals surface area contributed by atoms with Gasteiger partial charge in [-0.3, -0.25) is 14.9 Å². The van der Waals surface area contributed by atoms with Crippen molar-refractivity contribution in [2.45, 2.75) is 52.4 Å². The molecule has 0 aliphatic carbocycles. The van der Waals surface area contributed by atoms with E-state index in [0.29, 0.717) is 4.91 Å². The maximum atomic E-state index is 11.9. The Kier molecular flexibility index (Phi) is 5.87. The highest BCUT2D eigenvalue weighted by Gasteiger charge is 2.25. The van der Waals surface area contributed by atoms with Gasteiger partial charge < -0.3 is 4.74 Å². The number of hydrogen-bond acceptors (Lipinski definition) is 4. The van der Waals surface area contributed by atoms with E-state index in [2.05, 4.69) is 65.1 Å². The van der Waals surface area contributed by atoms with Crippen LogP contribution in [0.5, 0.6) is 5.75 Å². The number of methoxy groups -OCH3 is 1. The van der Waals surface area contributed by atoms with Gasteiger partial charge in [0.05, 0.1) is 12.0 Å². The van der Waals surface area contributed by atoms with E-state index in [1.54, 1.807) is 13.2 Å². The van der Waals surface area contributed by atoms with Crippen LogP contribution in [0, 0.1) is 0 Å². The van der Waals surface area contributed by atoms with Crippen LogP contribution in [0.2, 0.25) is 0 Å². The molecule has 0 atom stereocenters. The number of amides is 2. The molecule has 1 aliphatic rings. The number of carbonyl (C=O) groups excluding carboxylic acids is 2. The lowest BCUT2D eigenvalue weighted by molar-refractivity contribution is -0.115. The highest BCUT2D eigenvalue weighted by atomic mass is 32.2. The molecule has 2 aromatic rings. The standard InChI is InChI=1S/C25H29NO3S/c1-24(2,3)17-12-16(13-18(14-17)25(4,5)6)19-10-15(8-9-20(19)29-7)11-21-22(27)26-23(28)30-21/h8-14H,1-7H3,(H,26,27,28). The minimum absolute atomic E-state index is 0.00176. The highest BCUT2D eigenvalue weighted by Crippen LogP contribution is 2.38. The fourth-order valence-electron chi connectivity index (χ4n) is 3.26. The first-order valence-electron chi connectivity index (χ1n) is 9.98. The van der Waals surface area contributed by atoms with E-state index in [1.807, 2.05) is 18.2 Å². The van der Waals surface area contributed by atoms with Gasteiger partial charge in [-0.25, -0.2) is 0 Å². The third kappa shape index (κ3) is 4.78. The molecule has 1 heterocycles. The van der Waals surface area contributed by atoms with Gasteiger partial charge >= 0.3 is 0 Å². The van der Waals surface area contributed by atoms with Crippen LogP contribution >= 0.6 is 11.8 Å². The van der Waals surface area contributed by atoms with Gasteiger partial charge in [0, 0.05) is 5.56 Å². The van der Waals surface area contributed by atoms with Crippen molar-refractivity contribution in [1.29, 1.82) is 0 Å². The monoisotopic (exact) mass is 423 g/mol. The SMILES string of the molecule is COc1ccc(C=C2SC(=O)NC2=O)cc1-c1cc(C(C)(C)C)cc(C(C)(C)C)c1. The molecule has 5 heteroatoms. The number of rotatable bonds is 3. The molecule has 3 rings (SSSR count). The summed E-state index contributed by atoms with van der Waals surface area (Å²) in [6.07, 6.45) is 1.74. The Bertz CT molecular complexity index is 1010. The molecule has 30 heavy (non-hydrogen) atoms. The quantitative estimate of drug-likeness (QED) is 0.590. The Hall–Kier alpha value is -2.53. The molecule has 4 nitrogen and oxygen atoms in total. The van der Waals surface area contributed by atoms with Crippen molar-refractivity contribution < 1.29 is 14.3 Å². The molecule has 2 amide bonds. The van der Waals surface area contributed by atoms with Crippen molar-refractivity contribution in [1.82, 2.24) is 5.32 Å². The predicted octanol–water partition coefficient (Wildman–Crippen LogP) is 6.28. The largest absolute Gasteiger partial charge is 0.496 e. The molecular formula is C25H29NO3S. The molecule has 1 saturated heterocycles. The topological polar surface area (TPSA) is 55.4 Å². The van der Waals surface area contributed by atoms with Crippen molar-refractivity contribution in [3.05, 3.63) is 58.0 Å². The molecule has 0 unspecified atom stereocenters. The fourth-order valence-corrected chi connectivity index (χ4v) is 3.94. The first-order valence-corrected chi connectivity index (χ1v) is 10.8. The summed E-state index contributed by atoms with van der Waals surface area (Å²) in [6.45, 7) is 13.3. The van der Waals surface area contributed by atoms with Crippen molar-refractivity contribution in [3.8, 4) is 16.9 Å². The lowest BCUT2D eigenvalue weighted by Gasteiger charge is -2.26. The normalized spacial score (nSPS) is 16.2. The number of imide groups is 1. The summed E-state index contributed by atoms with van der Waals surface area (Å²) in [6, 6.07) is 12.5. The molecule has 0 bridgehead atoms. The third-order valence-electron chi connectivity index (χ3n) is 5.14. The lowest BCUT2D eigenvalue weighted by atomic mass is 9.79. The summed E-state index contributed by atoms with van der Waals surface area (Å²) in [5.41, 5.74) is 5.39. The Balaban J connectivity index is 2.18. The first-order chi connectivity index (χ1) is 13.9. The van der Waals surface area contributed by atoms with Crippen LogP contribution in [0.3, 0.4) is 0 Å². The molecule has 0 radical (unpaired) electrons. The second kappa shape index (κ2) is 7.95. The molecule has 1 N–H and O–H groups in total. The minimum atomic E-state index is -0.355. The van der Waals surface area contributed by atoms with E-state index >= 15 is 0 Å². The second-order valence-corrected chi connectivity index (χ2v) is 10.6. The van der Waals surface area contributed by atoms with E-state index in [1.165, 1.54) is 11.1 Å². The van der Waals surface area contributed by atoms with Crippen molar-refractivity contribution in [3.63, 3.8) is 0 Å². The van der Waals surface area contributed by atoms with E-state index < -0.39 is 0 Å². The molecule has 158 valence electrons. The predicted molar refractivity (Wildman–Crippen MR) is 125 cm³/mol. The van der Waals surface area contributed by atoms with Gasteiger partial charge in [-0.15, -0.1) is 0 Å². The average Bonchev–Trinajstić information content (AvgIpc) is 2.96. The Labute approximate surface area is 183 Å². The van der Waals surface area contributed by atoms with Gasteiger partial charge in [0.25, 0.3) is 11.1 Å². The van der Waals surface area contributed by atoms with Crippen molar-refractivity contribution in [2.24, 2.45) is 0 Å². The summed E-state index contributed by atoms with van der Waals surface area (Å²) < 4.78 is 5.65. The van der Waals surface area contributed by atoms with Gasteiger partial charge in [0.15, 0.2) is 0 Å². The van der Waals surface area contributed by atoms with Crippen LogP contribution in [-0.4, -0.2) is 18.3 Å². The number of hydrogen-bond donors (Lipinski definition) is 1. The van der Waals surface area contributed by atoms with Crippen LogP contribution in [-0.2, 0) is 15.6 Å². The summed E-state index contributed by atoms with van der Waals surface area (Å²) in [4.78, 5) is 23.8. The molecule has 1 fully saturated rings. The third-order valence-corrected chi connectivity index (χ3v) is 5.95. The van der Waals surface area contributed by atoms with E-state index in [-0.39, 0.29) is 22.0 Å². The summed E-state index contributed by atoms with van der Waals surface area (Å²) in [5.74, 6) is 0.412. The number of ether oxygens (including phenoxy) is 1. The summed E-state index contributed by atoms with van der Waals surface area (Å²) in [5, 5.41) is 1.96. The first kappa shape index (κ1) is 22.2. The molecule has 0 saturated carbocycles. The minimum Gasteiger partial charge on any atom is -0.496 e. The van der Waals surface area contributed by atoms with Crippen LogP contribution in [0.1, 0.15) is 58.2 Å². The zero-order valence-electron chi connectivity index (χ0n) is 18.7. The van der Waals surface area contributed by atoms with Gasteiger partial charge in [0.2, 0.25) is 0 Å².